The molecule has 0 N–H and O–H groups in total. The number of esters is 1. The Morgan fingerprint density at radius 1 is 1.64 bits per heavy atom. The predicted molar refractivity (Wildman–Crippen MR) is 48.8 cm³/mol. The molecule has 11 heavy (non-hydrogen) atoms. The number of ether oxygens (including phenoxy) is 1. The summed E-state index contributed by atoms with van der Waals surface area (Å²) in [4.78, 5) is 10.8. The maximum absolute atomic E-state index is 10.8. The molecule has 2 nitrogen and oxygen atoms in total. The van der Waals surface area contributed by atoms with Crippen LogP contribution in [0.15, 0.2) is 0 Å². The maximum Gasteiger partial charge on any atom is 0.305 e. The second-order valence-corrected chi connectivity index (χ2v) is 3.25. The van der Waals surface area contributed by atoms with Gasteiger partial charge in [-0.1, -0.05) is 22.9 Å². The Morgan fingerprint density at radius 3 is 2.73 bits per heavy atom. The molecule has 0 fully saturated rings. The van der Waals surface area contributed by atoms with E-state index in [-0.39, 0.29) is 5.97 Å². The first-order chi connectivity index (χ1) is 5.20. The van der Waals surface area contributed by atoms with Crippen LogP contribution in [-0.2, 0) is 9.53 Å². The minimum atomic E-state index is -0.0831. The molecule has 0 amide bonds. The normalized spacial score (nSPS) is 12.6. The third-order valence-corrected chi connectivity index (χ3v) is 2.52. The third-order valence-electron chi connectivity index (χ3n) is 1.41. The summed E-state index contributed by atoms with van der Waals surface area (Å²) in [6.45, 7) is 4.42. The van der Waals surface area contributed by atoms with Gasteiger partial charge in [0.05, 0.1) is 6.61 Å². The molecular formula is C8H15BrO2. The lowest BCUT2D eigenvalue weighted by Crippen LogP contribution is -2.06. The van der Waals surface area contributed by atoms with Gasteiger partial charge in [0, 0.05) is 11.8 Å². The standard InChI is InChI=1S/C8H15BrO2/c1-3-11-8(10)5-4-7(2)6-9/h7H,3-6H2,1-2H3/t7-/m0/s1. The van der Waals surface area contributed by atoms with Gasteiger partial charge < -0.3 is 4.74 Å². The van der Waals surface area contributed by atoms with Crippen molar-refractivity contribution >= 4 is 21.9 Å². The van der Waals surface area contributed by atoms with Crippen molar-refractivity contribution in [3.8, 4) is 0 Å². The average molecular weight is 223 g/mol. The van der Waals surface area contributed by atoms with Crippen LogP contribution in [0, 0.1) is 5.92 Å². The van der Waals surface area contributed by atoms with E-state index in [0.717, 1.165) is 11.8 Å². The molecule has 0 bridgehead atoms. The molecule has 0 aromatic rings. The van der Waals surface area contributed by atoms with Gasteiger partial charge in [-0.3, -0.25) is 4.79 Å². The van der Waals surface area contributed by atoms with Crippen LogP contribution in [0.3, 0.4) is 0 Å². The molecule has 0 radical (unpaired) electrons. The van der Waals surface area contributed by atoms with Gasteiger partial charge in [-0.05, 0) is 19.3 Å². The Balaban J connectivity index is 3.30. The monoisotopic (exact) mass is 222 g/mol. The number of halogens is 1. The van der Waals surface area contributed by atoms with E-state index in [9.17, 15) is 4.79 Å². The molecule has 0 rings (SSSR count). The van der Waals surface area contributed by atoms with E-state index in [1.54, 1.807) is 0 Å². The molecule has 0 aliphatic heterocycles. The van der Waals surface area contributed by atoms with Crippen LogP contribution in [0.1, 0.15) is 26.7 Å². The van der Waals surface area contributed by atoms with Crippen LogP contribution in [0.5, 0.6) is 0 Å². The third kappa shape index (κ3) is 6.35. The zero-order valence-corrected chi connectivity index (χ0v) is 8.69. The molecule has 0 aromatic heterocycles. The quantitative estimate of drug-likeness (QED) is 0.528. The van der Waals surface area contributed by atoms with Gasteiger partial charge in [0.15, 0.2) is 0 Å². The highest BCUT2D eigenvalue weighted by molar-refractivity contribution is 9.09. The lowest BCUT2D eigenvalue weighted by atomic mass is 10.1. The Labute approximate surface area is 76.4 Å². The summed E-state index contributed by atoms with van der Waals surface area (Å²) in [5.74, 6) is 0.472. The summed E-state index contributed by atoms with van der Waals surface area (Å²) < 4.78 is 4.78. The molecule has 66 valence electrons. The molecule has 0 aliphatic rings. The Hall–Kier alpha value is -0.0500. The van der Waals surface area contributed by atoms with Crippen molar-refractivity contribution in [2.75, 3.05) is 11.9 Å². The minimum absolute atomic E-state index is 0.0831. The highest BCUT2D eigenvalue weighted by Gasteiger charge is 2.05. The van der Waals surface area contributed by atoms with E-state index in [2.05, 4.69) is 22.9 Å². The van der Waals surface area contributed by atoms with Gasteiger partial charge >= 0.3 is 5.97 Å². The minimum Gasteiger partial charge on any atom is -0.466 e. The summed E-state index contributed by atoms with van der Waals surface area (Å²) in [5, 5.41) is 0.951. The Morgan fingerprint density at radius 2 is 2.27 bits per heavy atom. The number of rotatable bonds is 5. The summed E-state index contributed by atoms with van der Waals surface area (Å²) >= 11 is 3.35. The van der Waals surface area contributed by atoms with Crippen LogP contribution in [0.4, 0.5) is 0 Å². The van der Waals surface area contributed by atoms with E-state index < -0.39 is 0 Å². The van der Waals surface area contributed by atoms with Crippen molar-refractivity contribution in [1.29, 1.82) is 0 Å². The average Bonchev–Trinajstić information content (AvgIpc) is 2.01. The SMILES string of the molecule is CCOC(=O)CC[C@H](C)CBr. The van der Waals surface area contributed by atoms with Crippen molar-refractivity contribution in [1.82, 2.24) is 0 Å². The van der Waals surface area contributed by atoms with Crippen molar-refractivity contribution in [3.63, 3.8) is 0 Å². The smallest absolute Gasteiger partial charge is 0.305 e. The van der Waals surface area contributed by atoms with Crippen molar-refractivity contribution in [2.45, 2.75) is 26.7 Å². The number of carbonyl (C=O) groups is 1. The fraction of sp³-hybridized carbons (Fsp3) is 0.875. The van der Waals surface area contributed by atoms with Gasteiger partial charge in [-0.25, -0.2) is 0 Å². The summed E-state index contributed by atoms with van der Waals surface area (Å²) in [7, 11) is 0. The van der Waals surface area contributed by atoms with E-state index in [0.29, 0.717) is 18.9 Å². The fourth-order valence-corrected chi connectivity index (χ4v) is 0.998. The Kier molecular flexibility index (Phi) is 6.62. The van der Waals surface area contributed by atoms with Crippen LogP contribution < -0.4 is 0 Å². The highest BCUT2D eigenvalue weighted by Crippen LogP contribution is 2.08. The second-order valence-electron chi connectivity index (χ2n) is 2.60. The molecule has 0 aromatic carbocycles. The van der Waals surface area contributed by atoms with E-state index in [4.69, 9.17) is 4.74 Å². The molecule has 0 heterocycles. The predicted octanol–water partition coefficient (Wildman–Crippen LogP) is 2.36. The van der Waals surface area contributed by atoms with Gasteiger partial charge in [-0.15, -0.1) is 0 Å². The zero-order valence-electron chi connectivity index (χ0n) is 7.10. The summed E-state index contributed by atoms with van der Waals surface area (Å²) in [5.41, 5.74) is 0. The van der Waals surface area contributed by atoms with Gasteiger partial charge in [0.25, 0.3) is 0 Å². The fourth-order valence-electron chi connectivity index (χ4n) is 0.675. The van der Waals surface area contributed by atoms with E-state index >= 15 is 0 Å². The molecule has 0 spiro atoms. The molecule has 1 atom stereocenters. The van der Waals surface area contributed by atoms with Gasteiger partial charge in [0.2, 0.25) is 0 Å². The zero-order chi connectivity index (χ0) is 8.69. The molecule has 0 aliphatic carbocycles. The van der Waals surface area contributed by atoms with Crippen LogP contribution >= 0.6 is 15.9 Å². The lowest BCUT2D eigenvalue weighted by molar-refractivity contribution is -0.143. The van der Waals surface area contributed by atoms with E-state index in [1.165, 1.54) is 0 Å². The highest BCUT2D eigenvalue weighted by atomic mass is 79.9. The maximum atomic E-state index is 10.8. The van der Waals surface area contributed by atoms with Crippen LogP contribution in [-0.4, -0.2) is 17.9 Å². The molecular weight excluding hydrogens is 208 g/mol. The first-order valence-electron chi connectivity index (χ1n) is 3.92. The topological polar surface area (TPSA) is 26.3 Å². The van der Waals surface area contributed by atoms with Gasteiger partial charge in [-0.2, -0.15) is 0 Å². The number of carbonyl (C=O) groups excluding carboxylic acids is 1. The largest absolute Gasteiger partial charge is 0.466 e. The number of alkyl halides is 1. The molecule has 0 saturated carbocycles. The molecule has 0 saturated heterocycles. The molecule has 0 unspecified atom stereocenters. The second kappa shape index (κ2) is 6.65. The molecule has 3 heteroatoms. The Bertz CT molecular complexity index is 115. The first kappa shape index (κ1) is 11.0. The van der Waals surface area contributed by atoms with Gasteiger partial charge in [0.1, 0.15) is 0 Å². The first-order valence-corrected chi connectivity index (χ1v) is 5.04. The van der Waals surface area contributed by atoms with Crippen molar-refractivity contribution in [3.05, 3.63) is 0 Å². The summed E-state index contributed by atoms with van der Waals surface area (Å²) in [6, 6.07) is 0. The number of hydrogen-bond donors (Lipinski definition) is 0. The van der Waals surface area contributed by atoms with E-state index in [1.807, 2.05) is 6.92 Å². The lowest BCUT2D eigenvalue weighted by Gasteiger charge is -2.05. The van der Waals surface area contributed by atoms with Crippen molar-refractivity contribution < 1.29 is 9.53 Å². The van der Waals surface area contributed by atoms with Crippen molar-refractivity contribution in [2.24, 2.45) is 5.92 Å². The summed E-state index contributed by atoms with van der Waals surface area (Å²) in [6.07, 6.45) is 1.45. The number of hydrogen-bond acceptors (Lipinski definition) is 2. The van der Waals surface area contributed by atoms with Crippen LogP contribution in [0.2, 0.25) is 0 Å². The van der Waals surface area contributed by atoms with Crippen LogP contribution in [0.25, 0.3) is 0 Å².